The van der Waals surface area contributed by atoms with Crippen molar-refractivity contribution in [3.8, 4) is 11.5 Å². The number of nitrogens with zero attached hydrogens (tertiary/aromatic N) is 1. The number of aryl methyl sites for hydroxylation is 5. The smallest absolute Gasteiger partial charge is 0.122 e. The summed E-state index contributed by atoms with van der Waals surface area (Å²) in [5.41, 5.74) is 6.25. The number of nitrogens with one attached hydrogen (secondary N) is 1. The van der Waals surface area contributed by atoms with E-state index in [0.717, 1.165) is 64.2 Å². The molecule has 4 heteroatoms. The van der Waals surface area contributed by atoms with Gasteiger partial charge in [-0.15, -0.1) is 0 Å². The molecule has 0 spiro atoms. The van der Waals surface area contributed by atoms with E-state index in [0.29, 0.717) is 0 Å². The number of phenolic OH excluding ortho intramolecular Hbond substituents is 2. The number of hydrogen-bond donors (Lipinski definition) is 3. The molecule has 0 saturated heterocycles. The molecule has 1 aromatic heterocycles. The normalized spacial score (nSPS) is 11.4. The van der Waals surface area contributed by atoms with E-state index < -0.39 is 0 Å². The van der Waals surface area contributed by atoms with Crippen LogP contribution < -0.4 is 0 Å². The van der Waals surface area contributed by atoms with E-state index in [1.807, 2.05) is 58.2 Å². The number of hydrogen-bond acceptors (Lipinski definition) is 3. The van der Waals surface area contributed by atoms with E-state index >= 15 is 0 Å². The summed E-state index contributed by atoms with van der Waals surface area (Å²) in [6, 6.07) is 7.93. The Hall–Kier alpha value is -2.75. The van der Waals surface area contributed by atoms with E-state index in [9.17, 15) is 10.2 Å². The molecule has 0 atom stereocenters. The third-order valence-corrected chi connectivity index (χ3v) is 5.30. The highest BCUT2D eigenvalue weighted by molar-refractivity contribution is 5.56. The Morgan fingerprint density at radius 2 is 1.43 bits per heavy atom. The molecule has 28 heavy (non-hydrogen) atoms. The van der Waals surface area contributed by atoms with Crippen LogP contribution in [0.1, 0.15) is 70.6 Å². The number of aromatic nitrogens is 2. The van der Waals surface area contributed by atoms with Crippen molar-refractivity contribution >= 4 is 0 Å². The van der Waals surface area contributed by atoms with E-state index in [4.69, 9.17) is 0 Å². The molecular weight excluding hydrogens is 348 g/mol. The van der Waals surface area contributed by atoms with Gasteiger partial charge in [0.2, 0.25) is 0 Å². The lowest BCUT2D eigenvalue weighted by atomic mass is 9.84. The van der Waals surface area contributed by atoms with Crippen molar-refractivity contribution < 1.29 is 10.2 Å². The van der Waals surface area contributed by atoms with Gasteiger partial charge in [-0.05, 0) is 45.2 Å². The third kappa shape index (κ3) is 3.91. The Bertz CT molecular complexity index is 931. The van der Waals surface area contributed by atoms with Crippen LogP contribution in [-0.2, 0) is 6.42 Å². The molecule has 0 aliphatic carbocycles. The molecule has 3 aromatic rings. The molecule has 2 aromatic carbocycles. The topological polar surface area (TPSA) is 69.1 Å². The quantitative estimate of drug-likeness (QED) is 0.524. The lowest BCUT2D eigenvalue weighted by Crippen LogP contribution is -2.07. The number of H-pyrrole nitrogens is 1. The highest BCUT2D eigenvalue weighted by Crippen LogP contribution is 2.42. The maximum Gasteiger partial charge on any atom is 0.122 e. The lowest BCUT2D eigenvalue weighted by molar-refractivity contribution is 0.453. The van der Waals surface area contributed by atoms with Gasteiger partial charge in [-0.1, -0.05) is 48.7 Å². The van der Waals surface area contributed by atoms with Gasteiger partial charge < -0.3 is 15.2 Å². The first-order valence-corrected chi connectivity index (χ1v) is 9.95. The molecule has 0 bridgehead atoms. The average Bonchev–Trinajstić information content (AvgIpc) is 3.10. The zero-order valence-corrected chi connectivity index (χ0v) is 17.4. The van der Waals surface area contributed by atoms with Crippen molar-refractivity contribution in [1.82, 2.24) is 9.97 Å². The summed E-state index contributed by atoms with van der Waals surface area (Å²) in [6.07, 6.45) is 4.90. The fourth-order valence-electron chi connectivity index (χ4n) is 3.92. The van der Waals surface area contributed by atoms with Crippen LogP contribution in [0.4, 0.5) is 0 Å². The molecule has 3 rings (SSSR count). The summed E-state index contributed by atoms with van der Waals surface area (Å²) in [6.45, 7) is 10.0. The van der Waals surface area contributed by atoms with Gasteiger partial charge in [-0.25, -0.2) is 4.98 Å². The van der Waals surface area contributed by atoms with E-state index in [1.54, 1.807) is 0 Å². The van der Waals surface area contributed by atoms with Gasteiger partial charge >= 0.3 is 0 Å². The first-order chi connectivity index (χ1) is 13.3. The van der Waals surface area contributed by atoms with Crippen LogP contribution in [0, 0.1) is 27.7 Å². The average molecular weight is 379 g/mol. The summed E-state index contributed by atoms with van der Waals surface area (Å²) >= 11 is 0. The molecule has 148 valence electrons. The Morgan fingerprint density at radius 3 is 1.93 bits per heavy atom. The highest BCUT2D eigenvalue weighted by atomic mass is 16.3. The molecule has 0 aliphatic rings. The summed E-state index contributed by atoms with van der Waals surface area (Å²) in [7, 11) is 0. The maximum absolute atomic E-state index is 10.9. The van der Waals surface area contributed by atoms with Crippen molar-refractivity contribution in [1.29, 1.82) is 0 Å². The molecule has 0 aliphatic heterocycles. The monoisotopic (exact) mass is 378 g/mol. The number of imidazole rings is 1. The van der Waals surface area contributed by atoms with Crippen molar-refractivity contribution in [3.05, 3.63) is 75.4 Å². The number of phenols is 2. The molecule has 0 amide bonds. The van der Waals surface area contributed by atoms with Crippen molar-refractivity contribution in [2.24, 2.45) is 0 Å². The van der Waals surface area contributed by atoms with Crippen LogP contribution in [0.2, 0.25) is 0 Å². The molecular formula is C24H30N2O2. The Morgan fingerprint density at radius 1 is 0.893 bits per heavy atom. The summed E-state index contributed by atoms with van der Waals surface area (Å²) in [5, 5.41) is 21.8. The van der Waals surface area contributed by atoms with Crippen molar-refractivity contribution in [2.75, 3.05) is 0 Å². The second-order valence-electron chi connectivity index (χ2n) is 7.86. The second kappa shape index (κ2) is 8.09. The van der Waals surface area contributed by atoms with Crippen molar-refractivity contribution in [3.63, 3.8) is 0 Å². The van der Waals surface area contributed by atoms with Gasteiger partial charge in [0, 0.05) is 29.4 Å². The number of rotatable bonds is 6. The minimum atomic E-state index is -0.319. The maximum atomic E-state index is 10.9. The molecule has 4 nitrogen and oxygen atoms in total. The number of unbranched alkanes of at least 4 members (excludes halogenated alkanes) is 1. The highest BCUT2D eigenvalue weighted by Gasteiger charge is 2.26. The largest absolute Gasteiger partial charge is 0.507 e. The zero-order valence-electron chi connectivity index (χ0n) is 17.4. The fraction of sp³-hybridized carbons (Fsp3) is 0.375. The minimum Gasteiger partial charge on any atom is -0.507 e. The predicted octanol–water partition coefficient (Wildman–Crippen LogP) is 5.58. The lowest BCUT2D eigenvalue weighted by Gasteiger charge is -2.22. The van der Waals surface area contributed by atoms with Gasteiger partial charge in [0.15, 0.2) is 0 Å². The number of aromatic amines is 1. The zero-order chi connectivity index (χ0) is 20.4. The predicted molar refractivity (Wildman–Crippen MR) is 113 cm³/mol. The van der Waals surface area contributed by atoms with Gasteiger partial charge in [0.05, 0.1) is 5.92 Å². The Balaban J connectivity index is 2.22. The van der Waals surface area contributed by atoms with Crippen LogP contribution in [0.3, 0.4) is 0 Å². The minimum absolute atomic E-state index is 0.263. The number of aromatic hydroxyl groups is 2. The van der Waals surface area contributed by atoms with Crippen LogP contribution in [0.25, 0.3) is 0 Å². The summed E-state index contributed by atoms with van der Waals surface area (Å²) in [5.74, 6) is 1.15. The van der Waals surface area contributed by atoms with Crippen LogP contribution in [0.15, 0.2) is 30.5 Å². The Labute approximate surface area is 167 Å². The van der Waals surface area contributed by atoms with Crippen molar-refractivity contribution in [2.45, 2.75) is 59.8 Å². The SMILES string of the molecule is CCCCc1ncc(C(c2cc(C)cc(C)c2O)c2cc(C)cc(C)c2O)[nH]1. The molecule has 1 heterocycles. The van der Waals surface area contributed by atoms with E-state index in [2.05, 4.69) is 16.9 Å². The second-order valence-corrected chi connectivity index (χ2v) is 7.86. The Kier molecular flexibility index (Phi) is 5.78. The first-order valence-electron chi connectivity index (χ1n) is 9.95. The molecule has 3 N–H and O–H groups in total. The standard InChI is InChI=1S/C24H30N2O2/c1-6-7-8-21-25-13-20(26-21)22(18-11-14(2)9-16(4)23(18)27)19-12-15(3)10-17(5)24(19)28/h9-13,22,27-28H,6-8H2,1-5H3,(H,25,26). The van der Waals surface area contributed by atoms with Gasteiger partial charge in [-0.3, -0.25) is 0 Å². The molecule has 0 saturated carbocycles. The molecule has 0 fully saturated rings. The fourth-order valence-corrected chi connectivity index (χ4v) is 3.92. The van der Waals surface area contributed by atoms with Crippen LogP contribution in [-0.4, -0.2) is 20.2 Å². The summed E-state index contributed by atoms with van der Waals surface area (Å²) < 4.78 is 0. The first kappa shape index (κ1) is 20.0. The van der Waals surface area contributed by atoms with E-state index in [1.165, 1.54) is 0 Å². The van der Waals surface area contributed by atoms with Gasteiger partial charge in [0.25, 0.3) is 0 Å². The summed E-state index contributed by atoms with van der Waals surface area (Å²) in [4.78, 5) is 8.00. The van der Waals surface area contributed by atoms with E-state index in [-0.39, 0.29) is 17.4 Å². The molecule has 0 unspecified atom stereocenters. The number of benzene rings is 2. The van der Waals surface area contributed by atoms with Gasteiger partial charge in [-0.2, -0.15) is 0 Å². The van der Waals surface area contributed by atoms with Crippen LogP contribution >= 0.6 is 0 Å². The van der Waals surface area contributed by atoms with Crippen LogP contribution in [0.5, 0.6) is 11.5 Å². The van der Waals surface area contributed by atoms with Gasteiger partial charge in [0.1, 0.15) is 17.3 Å². The third-order valence-electron chi connectivity index (χ3n) is 5.30. The molecule has 0 radical (unpaired) electrons.